The van der Waals surface area contributed by atoms with Crippen LogP contribution in [0, 0.1) is 5.82 Å². The molecular formula is C17H18FNO3S. The van der Waals surface area contributed by atoms with E-state index in [-0.39, 0.29) is 24.2 Å². The van der Waals surface area contributed by atoms with Gasteiger partial charge in [0.25, 0.3) is 0 Å². The zero-order chi connectivity index (χ0) is 16.3. The highest BCUT2D eigenvalue weighted by Crippen LogP contribution is 2.20. The van der Waals surface area contributed by atoms with Crippen LogP contribution in [-0.2, 0) is 33.5 Å². The number of fused-ring (bicyclic) bond motifs is 1. The fraction of sp³-hybridized carbons (Fsp3) is 0.294. The Balaban J connectivity index is 1.56. The van der Waals surface area contributed by atoms with E-state index in [0.717, 1.165) is 5.56 Å². The van der Waals surface area contributed by atoms with E-state index in [1.165, 1.54) is 29.8 Å². The van der Waals surface area contributed by atoms with Gasteiger partial charge in [0.1, 0.15) is 5.82 Å². The maximum absolute atomic E-state index is 12.9. The monoisotopic (exact) mass is 335 g/mol. The Bertz CT molecular complexity index is 775. The van der Waals surface area contributed by atoms with Crippen molar-refractivity contribution in [3.63, 3.8) is 0 Å². The molecule has 0 saturated heterocycles. The number of hydrogen-bond acceptors (Lipinski definition) is 3. The van der Waals surface area contributed by atoms with Crippen LogP contribution in [0.5, 0.6) is 0 Å². The highest BCUT2D eigenvalue weighted by Gasteiger charge is 2.21. The third-order valence-electron chi connectivity index (χ3n) is 3.84. The smallest absolute Gasteiger partial charge is 0.215 e. The predicted octanol–water partition coefficient (Wildman–Crippen LogP) is 2.39. The number of sulfonamides is 1. The number of benzene rings is 2. The Kier molecular flexibility index (Phi) is 4.75. The first kappa shape index (κ1) is 16.1. The molecule has 2 aromatic rings. The van der Waals surface area contributed by atoms with Gasteiger partial charge >= 0.3 is 0 Å². The van der Waals surface area contributed by atoms with E-state index < -0.39 is 10.0 Å². The molecule has 2 aromatic carbocycles. The van der Waals surface area contributed by atoms with Crippen molar-refractivity contribution in [3.8, 4) is 0 Å². The summed E-state index contributed by atoms with van der Waals surface area (Å²) in [5.74, 6) is -0.551. The first-order chi connectivity index (χ1) is 11.0. The first-order valence-electron chi connectivity index (χ1n) is 7.42. The molecule has 0 fully saturated rings. The van der Waals surface area contributed by atoms with Crippen LogP contribution >= 0.6 is 0 Å². The third kappa shape index (κ3) is 4.37. The van der Waals surface area contributed by atoms with Crippen LogP contribution in [0.15, 0.2) is 48.5 Å². The Morgan fingerprint density at radius 3 is 2.52 bits per heavy atom. The van der Waals surface area contributed by atoms with E-state index in [1.54, 1.807) is 0 Å². The predicted molar refractivity (Wildman–Crippen MR) is 85.7 cm³/mol. The molecule has 1 aliphatic rings. The van der Waals surface area contributed by atoms with Crippen LogP contribution in [0.1, 0.15) is 16.7 Å². The van der Waals surface area contributed by atoms with E-state index in [0.29, 0.717) is 18.6 Å². The largest absolute Gasteiger partial charge is 0.372 e. The summed E-state index contributed by atoms with van der Waals surface area (Å²) in [6.07, 6.45) is 0.516. The Morgan fingerprint density at radius 2 is 1.78 bits per heavy atom. The molecule has 0 amide bonds. The summed E-state index contributed by atoms with van der Waals surface area (Å²) in [5.41, 5.74) is 2.90. The molecule has 6 heteroatoms. The molecular weight excluding hydrogens is 317 g/mol. The Morgan fingerprint density at radius 1 is 1.09 bits per heavy atom. The fourth-order valence-electron chi connectivity index (χ4n) is 2.61. The highest BCUT2D eigenvalue weighted by atomic mass is 32.2. The molecule has 1 aliphatic heterocycles. The lowest BCUT2D eigenvalue weighted by molar-refractivity contribution is 0.0322. The maximum Gasteiger partial charge on any atom is 0.215 e. The van der Waals surface area contributed by atoms with Gasteiger partial charge in [-0.1, -0.05) is 36.4 Å². The van der Waals surface area contributed by atoms with Crippen molar-refractivity contribution in [1.29, 1.82) is 0 Å². The Hall–Kier alpha value is -1.76. The zero-order valence-corrected chi connectivity index (χ0v) is 13.4. The molecule has 0 radical (unpaired) electrons. The molecule has 3 rings (SSSR count). The summed E-state index contributed by atoms with van der Waals surface area (Å²) in [6.45, 7) is 0.735. The SMILES string of the molecule is O=S(=O)(Cc1ccc(F)cc1)NCC1Cc2ccccc2CO1. The minimum atomic E-state index is -3.48. The number of rotatable bonds is 5. The van der Waals surface area contributed by atoms with Crippen LogP contribution in [0.3, 0.4) is 0 Å². The summed E-state index contributed by atoms with van der Waals surface area (Å²) >= 11 is 0. The van der Waals surface area contributed by atoms with Gasteiger partial charge in [-0.05, 0) is 28.8 Å². The van der Waals surface area contributed by atoms with Crippen molar-refractivity contribution < 1.29 is 17.5 Å². The van der Waals surface area contributed by atoms with Gasteiger partial charge in [0.2, 0.25) is 10.0 Å². The van der Waals surface area contributed by atoms with Crippen molar-refractivity contribution in [3.05, 3.63) is 71.0 Å². The second-order valence-electron chi connectivity index (χ2n) is 5.64. The number of halogens is 1. The molecule has 1 heterocycles. The number of ether oxygens (including phenoxy) is 1. The second-order valence-corrected chi connectivity index (χ2v) is 7.45. The lowest BCUT2D eigenvalue weighted by Gasteiger charge is -2.25. The summed E-state index contributed by atoms with van der Waals surface area (Å²) < 4.78 is 45.3. The second kappa shape index (κ2) is 6.78. The number of nitrogens with one attached hydrogen (secondary N) is 1. The molecule has 0 saturated carbocycles. The number of hydrogen-bond donors (Lipinski definition) is 1. The van der Waals surface area contributed by atoms with E-state index in [1.807, 2.05) is 24.3 Å². The quantitative estimate of drug-likeness (QED) is 0.913. The summed E-state index contributed by atoms with van der Waals surface area (Å²) in [5, 5.41) is 0. The van der Waals surface area contributed by atoms with Crippen molar-refractivity contribution in [2.24, 2.45) is 0 Å². The summed E-state index contributed by atoms with van der Waals surface area (Å²) in [6, 6.07) is 13.5. The van der Waals surface area contributed by atoms with Gasteiger partial charge in [-0.2, -0.15) is 0 Å². The molecule has 0 aromatic heterocycles. The molecule has 1 N–H and O–H groups in total. The van der Waals surface area contributed by atoms with Crippen molar-refractivity contribution in [2.75, 3.05) is 6.54 Å². The van der Waals surface area contributed by atoms with Gasteiger partial charge in [-0.3, -0.25) is 0 Å². The minimum Gasteiger partial charge on any atom is -0.372 e. The van der Waals surface area contributed by atoms with Crippen LogP contribution in [0.25, 0.3) is 0 Å². The molecule has 0 aliphatic carbocycles. The summed E-state index contributed by atoms with van der Waals surface area (Å²) in [7, 11) is -3.48. The first-order valence-corrected chi connectivity index (χ1v) is 9.07. The van der Waals surface area contributed by atoms with Gasteiger partial charge < -0.3 is 4.74 Å². The van der Waals surface area contributed by atoms with E-state index in [9.17, 15) is 12.8 Å². The zero-order valence-electron chi connectivity index (χ0n) is 12.5. The molecule has 122 valence electrons. The normalized spacial score (nSPS) is 17.7. The topological polar surface area (TPSA) is 55.4 Å². The average Bonchev–Trinajstić information content (AvgIpc) is 2.55. The van der Waals surface area contributed by atoms with Gasteiger partial charge in [-0.25, -0.2) is 17.5 Å². The molecule has 0 spiro atoms. The average molecular weight is 335 g/mol. The molecule has 0 bridgehead atoms. The van der Waals surface area contributed by atoms with Gasteiger partial charge in [0.05, 0.1) is 18.5 Å². The Labute approximate surface area is 135 Å². The molecule has 1 unspecified atom stereocenters. The van der Waals surface area contributed by atoms with E-state index in [2.05, 4.69) is 4.72 Å². The minimum absolute atomic E-state index is 0.170. The van der Waals surface area contributed by atoms with Crippen molar-refractivity contribution in [2.45, 2.75) is 24.9 Å². The molecule has 23 heavy (non-hydrogen) atoms. The molecule has 1 atom stereocenters. The maximum atomic E-state index is 12.9. The fourth-order valence-corrected chi connectivity index (χ4v) is 3.78. The molecule has 4 nitrogen and oxygen atoms in total. The lowest BCUT2D eigenvalue weighted by atomic mass is 9.99. The third-order valence-corrected chi connectivity index (χ3v) is 5.16. The highest BCUT2D eigenvalue weighted by molar-refractivity contribution is 7.88. The van der Waals surface area contributed by atoms with E-state index in [4.69, 9.17) is 4.74 Å². The van der Waals surface area contributed by atoms with E-state index >= 15 is 0 Å². The lowest BCUT2D eigenvalue weighted by Crippen LogP contribution is -2.37. The van der Waals surface area contributed by atoms with Gasteiger partial charge in [0.15, 0.2) is 0 Å². The van der Waals surface area contributed by atoms with Crippen molar-refractivity contribution in [1.82, 2.24) is 4.72 Å². The van der Waals surface area contributed by atoms with Gasteiger partial charge in [0, 0.05) is 13.0 Å². The standard InChI is InChI=1S/C17H18FNO3S/c18-16-7-5-13(6-8-16)12-23(20,21)19-10-17-9-14-3-1-2-4-15(14)11-22-17/h1-8,17,19H,9-12H2. The van der Waals surface area contributed by atoms with Crippen molar-refractivity contribution >= 4 is 10.0 Å². The summed E-state index contributed by atoms with van der Waals surface area (Å²) in [4.78, 5) is 0. The van der Waals surface area contributed by atoms with Gasteiger partial charge in [-0.15, -0.1) is 0 Å². The van der Waals surface area contributed by atoms with Crippen LogP contribution in [0.2, 0.25) is 0 Å². The van der Waals surface area contributed by atoms with Crippen LogP contribution in [0.4, 0.5) is 4.39 Å². The van der Waals surface area contributed by atoms with Crippen LogP contribution in [-0.4, -0.2) is 21.1 Å². The van der Waals surface area contributed by atoms with Crippen LogP contribution < -0.4 is 4.72 Å².